The summed E-state index contributed by atoms with van der Waals surface area (Å²) in [6, 6.07) is -0.988. The third kappa shape index (κ3) is 37.4. The third-order valence-electron chi connectivity index (χ3n) is 19.2. The molecule has 552 valence electrons. The summed E-state index contributed by atoms with van der Waals surface area (Å²) in [6.45, 7) is 1.73. The molecule has 17 atom stereocenters. The Morgan fingerprint density at radius 1 is 0.372 bits per heavy atom. The maximum absolute atomic E-state index is 13.4. The van der Waals surface area contributed by atoms with Crippen molar-refractivity contribution in [3.05, 3.63) is 36.5 Å². The molecule has 94 heavy (non-hydrogen) atoms. The van der Waals surface area contributed by atoms with E-state index in [1.807, 2.05) is 6.08 Å². The number of amides is 1. The number of aliphatic hydroxyl groups is 11. The molecule has 3 saturated heterocycles. The lowest BCUT2D eigenvalue weighted by Crippen LogP contribution is -2.66. The molecule has 0 radical (unpaired) electrons. The first-order valence-electron chi connectivity index (χ1n) is 38.2. The minimum atomic E-state index is -1.98. The molecule has 0 aromatic rings. The van der Waals surface area contributed by atoms with Gasteiger partial charge in [0.05, 0.1) is 38.6 Å². The van der Waals surface area contributed by atoms with Crippen molar-refractivity contribution < 1.29 is 89.4 Å². The molecule has 3 rings (SSSR count). The minimum Gasteiger partial charge on any atom is -0.394 e. The number of unbranched alkanes of at least 4 members (excludes halogenated alkanes) is 40. The molecule has 3 heterocycles. The van der Waals surface area contributed by atoms with E-state index in [2.05, 4.69) is 43.5 Å². The Bertz CT molecular complexity index is 1840. The summed E-state index contributed by atoms with van der Waals surface area (Å²) in [5, 5.41) is 120. The largest absolute Gasteiger partial charge is 0.394 e. The fraction of sp³-hybridized carbons (Fsp3) is 0.907. The molecule has 0 saturated carbocycles. The van der Waals surface area contributed by atoms with Gasteiger partial charge in [-0.3, -0.25) is 4.79 Å². The average Bonchev–Trinajstić information content (AvgIpc) is 0.792. The smallest absolute Gasteiger partial charge is 0.220 e. The van der Waals surface area contributed by atoms with Gasteiger partial charge in [0.2, 0.25) is 5.91 Å². The van der Waals surface area contributed by atoms with Crippen LogP contribution in [0.25, 0.3) is 0 Å². The van der Waals surface area contributed by atoms with E-state index >= 15 is 0 Å². The summed E-state index contributed by atoms with van der Waals surface area (Å²) in [5.41, 5.74) is 0. The van der Waals surface area contributed by atoms with Gasteiger partial charge in [0, 0.05) is 6.42 Å². The summed E-state index contributed by atoms with van der Waals surface area (Å²) in [5.74, 6) is -0.281. The van der Waals surface area contributed by atoms with Crippen LogP contribution in [0.2, 0.25) is 0 Å². The highest BCUT2D eigenvalue weighted by atomic mass is 16.8. The van der Waals surface area contributed by atoms with Crippen LogP contribution in [0.4, 0.5) is 0 Å². The Morgan fingerprint density at radius 3 is 1.06 bits per heavy atom. The highest BCUT2D eigenvalue weighted by Crippen LogP contribution is 2.33. The quantitative estimate of drug-likeness (QED) is 0.0199. The Kier molecular flexibility index (Phi) is 52.0. The number of carbonyl (C=O) groups excluding carboxylic acids is 1. The third-order valence-corrected chi connectivity index (χ3v) is 19.2. The lowest BCUT2D eigenvalue weighted by atomic mass is 9.96. The van der Waals surface area contributed by atoms with Crippen molar-refractivity contribution in [2.45, 2.75) is 407 Å². The van der Waals surface area contributed by atoms with Crippen LogP contribution in [-0.2, 0) is 33.2 Å². The number of allylic oxidation sites excluding steroid dienone is 5. The van der Waals surface area contributed by atoms with E-state index in [0.29, 0.717) is 12.8 Å². The molecule has 12 N–H and O–H groups in total. The predicted octanol–water partition coefficient (Wildman–Crippen LogP) is 11.6. The number of nitrogens with one attached hydrogen (secondary N) is 1. The van der Waals surface area contributed by atoms with E-state index in [4.69, 9.17) is 28.4 Å². The first kappa shape index (κ1) is 86.2. The van der Waals surface area contributed by atoms with Gasteiger partial charge in [0.15, 0.2) is 18.9 Å². The van der Waals surface area contributed by atoms with E-state index in [1.165, 1.54) is 231 Å². The fourth-order valence-electron chi connectivity index (χ4n) is 13.0. The normalized spacial score (nSPS) is 27.5. The van der Waals surface area contributed by atoms with Crippen LogP contribution in [0, 0.1) is 0 Å². The second-order valence-electron chi connectivity index (χ2n) is 27.5. The molecule has 0 spiro atoms. The zero-order valence-electron chi connectivity index (χ0n) is 58.7. The highest BCUT2D eigenvalue weighted by molar-refractivity contribution is 5.76. The molecule has 0 aromatic carbocycles. The van der Waals surface area contributed by atoms with Gasteiger partial charge < -0.3 is 89.9 Å². The topological polar surface area (TPSA) is 307 Å². The van der Waals surface area contributed by atoms with E-state index in [0.717, 1.165) is 38.5 Å². The number of hydrogen-bond acceptors (Lipinski definition) is 18. The van der Waals surface area contributed by atoms with Crippen molar-refractivity contribution in [1.82, 2.24) is 5.32 Å². The van der Waals surface area contributed by atoms with Crippen molar-refractivity contribution >= 4 is 5.91 Å². The van der Waals surface area contributed by atoms with Gasteiger partial charge >= 0.3 is 0 Å². The molecule has 17 unspecified atom stereocenters. The van der Waals surface area contributed by atoms with E-state index in [1.54, 1.807) is 6.08 Å². The zero-order valence-corrected chi connectivity index (χ0v) is 58.7. The standard InChI is InChI=1S/C75H139NO18/c1-3-5-7-9-11-13-15-17-19-20-21-22-23-24-25-26-27-28-29-30-31-32-33-34-35-36-37-38-39-41-43-45-47-49-51-53-63(81)76-58(59(80)52-50-48-46-44-42-40-18-16-14-12-10-8-6-4-2)57-89-73-69(87)66(84)71(61(55-78)91-73)94-75-70(88)67(85)72(62(56-79)92-75)93-74-68(86)65(83)64(82)60(54-77)90-74/h20-21,42,44,50,52,58-62,64-75,77-80,82-88H,3-19,22-41,43,45-49,51,53-57H2,1-2H3,(H,76,81)/b21-20-,44-42+,52-50+. The molecular weight excluding hydrogens is 1200 g/mol. The molecule has 0 aromatic heterocycles. The van der Waals surface area contributed by atoms with Crippen LogP contribution < -0.4 is 5.32 Å². The number of rotatable bonds is 60. The second kappa shape index (κ2) is 56.7. The predicted molar refractivity (Wildman–Crippen MR) is 369 cm³/mol. The van der Waals surface area contributed by atoms with Crippen molar-refractivity contribution in [1.29, 1.82) is 0 Å². The lowest BCUT2D eigenvalue weighted by Gasteiger charge is -2.48. The highest BCUT2D eigenvalue weighted by Gasteiger charge is 2.53. The first-order valence-corrected chi connectivity index (χ1v) is 38.2. The maximum atomic E-state index is 13.4. The molecule has 19 nitrogen and oxygen atoms in total. The molecule has 0 bridgehead atoms. The number of hydrogen-bond donors (Lipinski definition) is 12. The molecule has 19 heteroatoms. The summed E-state index contributed by atoms with van der Waals surface area (Å²) in [7, 11) is 0. The molecular formula is C75H139NO18. The summed E-state index contributed by atoms with van der Waals surface area (Å²) in [6.07, 6.45) is 41.6. The Hall–Kier alpha value is -1.99. The van der Waals surface area contributed by atoms with Gasteiger partial charge in [-0.25, -0.2) is 0 Å². The second-order valence-corrected chi connectivity index (χ2v) is 27.5. The Balaban J connectivity index is 1.32. The van der Waals surface area contributed by atoms with Gasteiger partial charge in [-0.15, -0.1) is 0 Å². The van der Waals surface area contributed by atoms with Crippen LogP contribution in [0.5, 0.6) is 0 Å². The summed E-state index contributed by atoms with van der Waals surface area (Å²) < 4.78 is 34.3. The van der Waals surface area contributed by atoms with Crippen LogP contribution in [0.15, 0.2) is 36.5 Å². The van der Waals surface area contributed by atoms with Crippen molar-refractivity contribution in [2.75, 3.05) is 26.4 Å². The number of aliphatic hydroxyl groups excluding tert-OH is 11. The van der Waals surface area contributed by atoms with Crippen LogP contribution in [0.3, 0.4) is 0 Å². The SMILES string of the molecule is CCCCCCCCCC/C=C\CCCCCCCCCCCCCCCCCCCCCCCCCC(=O)NC(COC1OC(CO)C(OC2OC(CO)C(OC3OC(CO)C(O)C(O)C3O)C(O)C2O)C(O)C1O)C(O)/C=C/CC/C=C/CCCCCCCCCC. The minimum absolute atomic E-state index is 0.239. The molecule has 3 aliphatic rings. The number of ether oxygens (including phenoxy) is 6. The van der Waals surface area contributed by atoms with E-state index in [-0.39, 0.29) is 18.9 Å². The Labute approximate surface area is 568 Å². The summed E-state index contributed by atoms with van der Waals surface area (Å²) >= 11 is 0. The van der Waals surface area contributed by atoms with Crippen LogP contribution in [0.1, 0.15) is 303 Å². The molecule has 3 fully saturated rings. The molecule has 0 aliphatic carbocycles. The lowest BCUT2D eigenvalue weighted by molar-refractivity contribution is -0.379. The molecule has 1 amide bonds. The summed E-state index contributed by atoms with van der Waals surface area (Å²) in [4.78, 5) is 13.4. The monoisotopic (exact) mass is 1340 g/mol. The van der Waals surface area contributed by atoms with Crippen molar-refractivity contribution in [3.63, 3.8) is 0 Å². The first-order chi connectivity index (χ1) is 45.8. The van der Waals surface area contributed by atoms with Gasteiger partial charge in [-0.05, 0) is 57.8 Å². The van der Waals surface area contributed by atoms with Gasteiger partial charge in [-0.1, -0.05) is 275 Å². The average molecular weight is 1340 g/mol. The van der Waals surface area contributed by atoms with Crippen LogP contribution >= 0.6 is 0 Å². The van der Waals surface area contributed by atoms with Crippen molar-refractivity contribution in [3.8, 4) is 0 Å². The van der Waals surface area contributed by atoms with E-state index < -0.39 is 124 Å². The molecule has 3 aliphatic heterocycles. The number of carbonyl (C=O) groups is 1. The zero-order chi connectivity index (χ0) is 68.2. The van der Waals surface area contributed by atoms with Gasteiger partial charge in [0.1, 0.15) is 73.2 Å². The van der Waals surface area contributed by atoms with Crippen LogP contribution in [-0.4, -0.2) is 193 Å². The maximum Gasteiger partial charge on any atom is 0.220 e. The fourth-order valence-corrected chi connectivity index (χ4v) is 13.0. The van der Waals surface area contributed by atoms with E-state index in [9.17, 15) is 61.0 Å². The Morgan fingerprint density at radius 2 is 0.681 bits per heavy atom. The van der Waals surface area contributed by atoms with Gasteiger partial charge in [0.25, 0.3) is 0 Å². The van der Waals surface area contributed by atoms with Gasteiger partial charge in [-0.2, -0.15) is 0 Å². The van der Waals surface area contributed by atoms with Crippen molar-refractivity contribution in [2.24, 2.45) is 0 Å².